The van der Waals surface area contributed by atoms with E-state index < -0.39 is 0 Å². The molecule has 0 spiro atoms. The second kappa shape index (κ2) is 10.4. The van der Waals surface area contributed by atoms with Gasteiger partial charge in [0.1, 0.15) is 0 Å². The van der Waals surface area contributed by atoms with Crippen molar-refractivity contribution in [1.82, 2.24) is 0 Å². The highest BCUT2D eigenvalue weighted by atomic mass is 79.9. The van der Waals surface area contributed by atoms with Crippen LogP contribution in [0.15, 0.2) is 49.9 Å². The number of halogens is 9. The molecular formula is C30H27Br6Cl3. The highest BCUT2D eigenvalue weighted by Gasteiger charge is 2.58. The van der Waals surface area contributed by atoms with Gasteiger partial charge in [-0.15, -0.1) is 34.8 Å². The summed E-state index contributed by atoms with van der Waals surface area (Å²) < 4.78 is 3.57. The van der Waals surface area contributed by atoms with Crippen LogP contribution >= 0.6 is 130 Å². The third-order valence-corrected chi connectivity index (χ3v) is 20.9. The second-order valence-electron chi connectivity index (χ2n) is 12.7. The van der Waals surface area contributed by atoms with Crippen molar-refractivity contribution in [3.05, 3.63) is 66.6 Å². The topological polar surface area (TPSA) is 0 Å². The highest BCUT2D eigenvalue weighted by molar-refractivity contribution is 9.14. The minimum Gasteiger partial charge on any atom is -0.122 e. The summed E-state index contributed by atoms with van der Waals surface area (Å²) in [5, 5.41) is 0.395. The zero-order chi connectivity index (χ0) is 27.6. The molecule has 1 aromatic carbocycles. The van der Waals surface area contributed by atoms with Gasteiger partial charge in [-0.2, -0.15) is 0 Å². The molecule has 0 aromatic heterocycles. The van der Waals surface area contributed by atoms with Crippen molar-refractivity contribution >= 4 is 130 Å². The lowest BCUT2D eigenvalue weighted by Gasteiger charge is -2.34. The summed E-state index contributed by atoms with van der Waals surface area (Å²) in [7, 11) is 0. The highest BCUT2D eigenvalue weighted by Crippen LogP contribution is 2.63. The van der Waals surface area contributed by atoms with Crippen LogP contribution in [0.3, 0.4) is 0 Å². The van der Waals surface area contributed by atoms with Gasteiger partial charge in [0.2, 0.25) is 0 Å². The predicted octanol–water partition coefficient (Wildman–Crippen LogP) is 11.3. The van der Waals surface area contributed by atoms with E-state index in [1.54, 1.807) is 0 Å². The molecule has 3 saturated carbocycles. The maximum absolute atomic E-state index is 7.06. The van der Waals surface area contributed by atoms with Gasteiger partial charge in [0, 0.05) is 29.6 Å². The average Bonchev–Trinajstić information content (AvgIpc) is 3.63. The summed E-state index contributed by atoms with van der Waals surface area (Å²) in [4.78, 5) is 0. The molecule has 6 aliphatic carbocycles. The molecule has 12 atom stereocenters. The van der Waals surface area contributed by atoms with Gasteiger partial charge in [0.15, 0.2) is 0 Å². The van der Waals surface area contributed by atoms with E-state index in [9.17, 15) is 0 Å². The normalized spacial score (nSPS) is 49.2. The Bertz CT molecular complexity index is 1160. The molecule has 210 valence electrons. The summed E-state index contributed by atoms with van der Waals surface area (Å²) in [5.41, 5.74) is 4.10. The fourth-order valence-corrected chi connectivity index (χ4v) is 15.6. The minimum absolute atomic E-state index is 0.0664. The Balaban J connectivity index is 1.22. The zero-order valence-corrected chi connectivity index (χ0v) is 32.6. The Hall–Kier alpha value is 2.19. The lowest BCUT2D eigenvalue weighted by atomic mass is 9.81. The summed E-state index contributed by atoms with van der Waals surface area (Å²) >= 11 is 45.1. The third-order valence-electron chi connectivity index (χ3n) is 10.5. The molecular weight excluding hydrogens is 946 g/mol. The molecule has 0 saturated heterocycles. The van der Waals surface area contributed by atoms with Crippen LogP contribution < -0.4 is 0 Å². The molecule has 3 fully saturated rings. The Morgan fingerprint density at radius 2 is 0.795 bits per heavy atom. The monoisotopic (exact) mass is 966 g/mol. The van der Waals surface area contributed by atoms with Crippen LogP contribution in [-0.2, 0) is 19.3 Å². The van der Waals surface area contributed by atoms with Crippen molar-refractivity contribution in [2.45, 2.75) is 67.6 Å². The van der Waals surface area contributed by atoms with Crippen molar-refractivity contribution < 1.29 is 0 Å². The van der Waals surface area contributed by atoms with Crippen molar-refractivity contribution in [2.24, 2.45) is 35.5 Å². The van der Waals surface area contributed by atoms with E-state index in [1.807, 2.05) is 0 Å². The van der Waals surface area contributed by atoms with E-state index in [4.69, 9.17) is 34.8 Å². The van der Waals surface area contributed by atoms with E-state index in [2.05, 4.69) is 132 Å². The summed E-state index contributed by atoms with van der Waals surface area (Å²) in [6, 6.07) is 7.28. The largest absolute Gasteiger partial charge is 0.122 e. The fraction of sp³-hybridized carbons (Fsp3) is 0.600. The molecule has 12 unspecified atom stereocenters. The number of fused-ring (bicyclic) bond motifs is 6. The van der Waals surface area contributed by atoms with Crippen LogP contribution in [0.5, 0.6) is 0 Å². The number of benzene rings is 1. The predicted molar refractivity (Wildman–Crippen MR) is 187 cm³/mol. The van der Waals surface area contributed by atoms with Crippen LogP contribution in [0.2, 0.25) is 0 Å². The minimum atomic E-state index is -0.0664. The van der Waals surface area contributed by atoms with Gasteiger partial charge in [0.05, 0.1) is 13.0 Å². The third kappa shape index (κ3) is 4.58. The smallest absolute Gasteiger partial charge is 0.0619 e. The van der Waals surface area contributed by atoms with Crippen molar-refractivity contribution in [3.8, 4) is 0 Å². The molecule has 6 bridgehead atoms. The SMILES string of the molecule is ClC1C2C=C(Br)C(Br)(C2)C1Cc1cc(CC2C(Cl)C3C=C(Br)C2(Br)C3)cc(CC2C(Cl)C3C=C(Br)C2(Br)C3)c1. The molecule has 0 heterocycles. The van der Waals surface area contributed by atoms with Gasteiger partial charge >= 0.3 is 0 Å². The number of hydrogen-bond acceptors (Lipinski definition) is 0. The van der Waals surface area contributed by atoms with Crippen LogP contribution in [0.25, 0.3) is 0 Å². The van der Waals surface area contributed by atoms with E-state index >= 15 is 0 Å². The first-order valence-electron chi connectivity index (χ1n) is 13.6. The fourth-order valence-electron chi connectivity index (χ4n) is 8.51. The van der Waals surface area contributed by atoms with Crippen LogP contribution in [-0.4, -0.2) is 29.1 Å². The number of alkyl halides is 6. The first-order valence-corrected chi connectivity index (χ1v) is 19.6. The molecule has 7 rings (SSSR count). The molecule has 0 aliphatic heterocycles. The quantitative estimate of drug-likeness (QED) is 0.249. The number of hydrogen-bond donors (Lipinski definition) is 0. The molecule has 9 heteroatoms. The Labute approximate surface area is 296 Å². The first kappa shape index (κ1) is 29.9. The van der Waals surface area contributed by atoms with Gasteiger partial charge in [0.25, 0.3) is 0 Å². The Kier molecular flexibility index (Phi) is 7.94. The molecule has 0 radical (unpaired) electrons. The maximum atomic E-state index is 7.06. The van der Waals surface area contributed by atoms with E-state index in [1.165, 1.54) is 30.1 Å². The Morgan fingerprint density at radius 3 is 1.03 bits per heavy atom. The van der Waals surface area contributed by atoms with Gasteiger partial charge < -0.3 is 0 Å². The summed E-state index contributed by atoms with van der Waals surface area (Å²) in [6.07, 6.45) is 12.9. The second-order valence-corrected chi connectivity index (χ2v) is 21.0. The van der Waals surface area contributed by atoms with E-state index in [0.29, 0.717) is 35.5 Å². The summed E-state index contributed by atoms with van der Waals surface area (Å²) in [5.74, 6) is 2.24. The van der Waals surface area contributed by atoms with Crippen molar-refractivity contribution in [1.29, 1.82) is 0 Å². The summed E-state index contributed by atoms with van der Waals surface area (Å²) in [6.45, 7) is 0. The van der Waals surface area contributed by atoms with Crippen molar-refractivity contribution in [3.63, 3.8) is 0 Å². The van der Waals surface area contributed by atoms with Crippen LogP contribution in [0.1, 0.15) is 36.0 Å². The number of rotatable bonds is 6. The maximum Gasteiger partial charge on any atom is 0.0619 e. The lowest BCUT2D eigenvalue weighted by Crippen LogP contribution is -2.35. The molecule has 0 nitrogen and oxygen atoms in total. The zero-order valence-electron chi connectivity index (χ0n) is 20.8. The molecule has 0 amide bonds. The average molecular weight is 973 g/mol. The lowest BCUT2D eigenvalue weighted by molar-refractivity contribution is 0.473. The van der Waals surface area contributed by atoms with Gasteiger partial charge in [-0.25, -0.2) is 0 Å². The first-order chi connectivity index (χ1) is 18.3. The molecule has 6 aliphatic rings. The molecule has 39 heavy (non-hydrogen) atoms. The standard InChI is InChI=1S/C30H27Br6Cl3/c31-22-7-16-10-28(22,34)19(25(16)37)4-13-1-14(5-20-26(38)17-8-23(32)29(20,35)11-17)3-15(2-13)6-21-27(39)18-9-24(33)30(21,36)12-18/h1-3,7-9,16-21,25-27H,4-6,10-12H2. The number of allylic oxidation sites excluding steroid dienone is 6. The van der Waals surface area contributed by atoms with Gasteiger partial charge in [-0.3, -0.25) is 0 Å². The van der Waals surface area contributed by atoms with Crippen LogP contribution in [0.4, 0.5) is 0 Å². The van der Waals surface area contributed by atoms with Gasteiger partial charge in [-0.1, -0.05) is 132 Å². The molecule has 1 aromatic rings. The van der Waals surface area contributed by atoms with Gasteiger partial charge in [-0.05, 0) is 90.7 Å². The molecule has 0 N–H and O–H groups in total. The Morgan fingerprint density at radius 1 is 0.538 bits per heavy atom. The van der Waals surface area contributed by atoms with Crippen molar-refractivity contribution in [2.75, 3.05) is 0 Å². The van der Waals surface area contributed by atoms with E-state index in [0.717, 1.165) is 38.5 Å². The van der Waals surface area contributed by atoms with Crippen LogP contribution in [0, 0.1) is 35.5 Å². The van der Waals surface area contributed by atoms with E-state index in [-0.39, 0.29) is 29.1 Å².